The molecule has 0 aliphatic heterocycles. The summed E-state index contributed by atoms with van der Waals surface area (Å²) in [4.78, 5) is 0. The van der Waals surface area contributed by atoms with Crippen molar-refractivity contribution in [1.29, 1.82) is 0 Å². The fourth-order valence-electron chi connectivity index (χ4n) is 1.11. The van der Waals surface area contributed by atoms with Gasteiger partial charge < -0.3 is 9.84 Å². The summed E-state index contributed by atoms with van der Waals surface area (Å²) in [5.41, 5.74) is 0. The third-order valence-electron chi connectivity index (χ3n) is 2.14. The maximum atomic E-state index is 11.7. The Labute approximate surface area is 98.5 Å². The minimum atomic E-state index is -3.19. The van der Waals surface area contributed by atoms with E-state index in [-0.39, 0.29) is 18.5 Å². The van der Waals surface area contributed by atoms with E-state index in [0.29, 0.717) is 26.0 Å². The van der Waals surface area contributed by atoms with Crippen LogP contribution in [0.15, 0.2) is 0 Å². The molecule has 0 rings (SSSR count). The Morgan fingerprint density at radius 1 is 1.31 bits per heavy atom. The van der Waals surface area contributed by atoms with Gasteiger partial charge in [0, 0.05) is 20.2 Å². The average molecular weight is 253 g/mol. The summed E-state index contributed by atoms with van der Waals surface area (Å²) in [6.07, 6.45) is 1.13. The smallest absolute Gasteiger partial charge is 0.213 e. The summed E-state index contributed by atoms with van der Waals surface area (Å²) in [5.74, 6) is 0.0890. The molecule has 0 saturated heterocycles. The van der Waals surface area contributed by atoms with Gasteiger partial charge in [-0.25, -0.2) is 12.7 Å². The van der Waals surface area contributed by atoms with Gasteiger partial charge in [0.15, 0.2) is 0 Å². The van der Waals surface area contributed by atoms with E-state index in [1.165, 1.54) is 4.31 Å². The van der Waals surface area contributed by atoms with Crippen molar-refractivity contribution < 1.29 is 18.3 Å². The second-order valence-electron chi connectivity index (χ2n) is 3.99. The van der Waals surface area contributed by atoms with Crippen molar-refractivity contribution >= 4 is 10.0 Å². The predicted molar refractivity (Wildman–Crippen MR) is 63.8 cm³/mol. The van der Waals surface area contributed by atoms with Crippen LogP contribution in [0.1, 0.15) is 26.7 Å². The van der Waals surface area contributed by atoms with E-state index in [0.717, 1.165) is 0 Å². The standard InChI is InChI=1S/C10H23NO4S/c1-10(2)15-8-6-11(3)16(13,14)9-5-4-7-12/h10,12H,4-9H2,1-3H3. The lowest BCUT2D eigenvalue weighted by molar-refractivity contribution is 0.0737. The van der Waals surface area contributed by atoms with Crippen LogP contribution in [0.4, 0.5) is 0 Å². The zero-order valence-electron chi connectivity index (χ0n) is 10.3. The van der Waals surface area contributed by atoms with E-state index in [4.69, 9.17) is 9.84 Å². The molecule has 0 unspecified atom stereocenters. The van der Waals surface area contributed by atoms with Crippen LogP contribution in [-0.4, -0.2) is 56.5 Å². The van der Waals surface area contributed by atoms with Crippen molar-refractivity contribution in [2.24, 2.45) is 0 Å². The highest BCUT2D eigenvalue weighted by Gasteiger charge is 2.16. The molecule has 0 aliphatic rings. The Morgan fingerprint density at radius 2 is 1.94 bits per heavy atom. The summed E-state index contributed by atoms with van der Waals surface area (Å²) >= 11 is 0. The number of rotatable bonds is 9. The second kappa shape index (κ2) is 8.00. The molecule has 0 fully saturated rings. The molecule has 6 heteroatoms. The molecule has 5 nitrogen and oxygen atoms in total. The third-order valence-corrected chi connectivity index (χ3v) is 4.08. The molecule has 0 radical (unpaired) electrons. The van der Waals surface area contributed by atoms with Crippen molar-refractivity contribution in [2.45, 2.75) is 32.8 Å². The highest BCUT2D eigenvalue weighted by atomic mass is 32.2. The van der Waals surface area contributed by atoms with Gasteiger partial charge >= 0.3 is 0 Å². The number of ether oxygens (including phenoxy) is 1. The van der Waals surface area contributed by atoms with E-state index in [9.17, 15) is 8.42 Å². The van der Waals surface area contributed by atoms with Gasteiger partial charge in [-0.2, -0.15) is 0 Å². The molecule has 0 bridgehead atoms. The number of nitrogens with zero attached hydrogens (tertiary/aromatic N) is 1. The number of aliphatic hydroxyl groups excluding tert-OH is 1. The normalized spacial score (nSPS) is 12.6. The van der Waals surface area contributed by atoms with Crippen molar-refractivity contribution in [3.05, 3.63) is 0 Å². The van der Waals surface area contributed by atoms with Gasteiger partial charge in [0.2, 0.25) is 10.0 Å². The van der Waals surface area contributed by atoms with E-state index >= 15 is 0 Å². The van der Waals surface area contributed by atoms with Crippen molar-refractivity contribution in [3.8, 4) is 0 Å². The average Bonchev–Trinajstić information content (AvgIpc) is 2.17. The molecule has 0 saturated carbocycles. The van der Waals surface area contributed by atoms with Crippen LogP contribution in [0.25, 0.3) is 0 Å². The summed E-state index contributed by atoms with van der Waals surface area (Å²) in [6, 6.07) is 0. The molecule has 0 aromatic carbocycles. The van der Waals surface area contributed by atoms with Crippen LogP contribution in [0.2, 0.25) is 0 Å². The highest BCUT2D eigenvalue weighted by Crippen LogP contribution is 2.02. The largest absolute Gasteiger partial charge is 0.396 e. The Morgan fingerprint density at radius 3 is 2.44 bits per heavy atom. The topological polar surface area (TPSA) is 66.8 Å². The lowest BCUT2D eigenvalue weighted by Crippen LogP contribution is -2.32. The number of likely N-dealkylation sites (N-methyl/N-ethyl adjacent to an activating group) is 1. The number of unbranched alkanes of at least 4 members (excludes halogenated alkanes) is 1. The fourth-order valence-corrected chi connectivity index (χ4v) is 2.34. The van der Waals surface area contributed by atoms with Gasteiger partial charge in [-0.3, -0.25) is 0 Å². The SMILES string of the molecule is CC(C)OCCN(C)S(=O)(=O)CCCCO. The van der Waals surface area contributed by atoms with Crippen LogP contribution in [0.5, 0.6) is 0 Å². The quantitative estimate of drug-likeness (QED) is 0.606. The van der Waals surface area contributed by atoms with E-state index in [1.807, 2.05) is 13.8 Å². The maximum Gasteiger partial charge on any atom is 0.213 e. The second-order valence-corrected chi connectivity index (χ2v) is 6.18. The molecule has 98 valence electrons. The van der Waals surface area contributed by atoms with E-state index in [2.05, 4.69) is 0 Å². The molecule has 16 heavy (non-hydrogen) atoms. The monoisotopic (exact) mass is 253 g/mol. The Balaban J connectivity index is 3.90. The van der Waals surface area contributed by atoms with E-state index < -0.39 is 10.0 Å². The fraction of sp³-hybridized carbons (Fsp3) is 1.00. The molecular weight excluding hydrogens is 230 g/mol. The van der Waals surface area contributed by atoms with Crippen LogP contribution in [0, 0.1) is 0 Å². The first-order valence-electron chi connectivity index (χ1n) is 5.56. The van der Waals surface area contributed by atoms with Gasteiger partial charge in [0.25, 0.3) is 0 Å². The van der Waals surface area contributed by atoms with Crippen LogP contribution < -0.4 is 0 Å². The Kier molecular flexibility index (Phi) is 7.91. The van der Waals surface area contributed by atoms with Gasteiger partial charge in [-0.05, 0) is 26.7 Å². The van der Waals surface area contributed by atoms with Crippen LogP contribution in [-0.2, 0) is 14.8 Å². The third kappa shape index (κ3) is 7.16. The zero-order valence-corrected chi connectivity index (χ0v) is 11.2. The van der Waals surface area contributed by atoms with Crippen LogP contribution in [0.3, 0.4) is 0 Å². The summed E-state index contributed by atoms with van der Waals surface area (Å²) in [7, 11) is -1.63. The maximum absolute atomic E-state index is 11.7. The van der Waals surface area contributed by atoms with Crippen molar-refractivity contribution in [3.63, 3.8) is 0 Å². The summed E-state index contributed by atoms with van der Waals surface area (Å²) in [6.45, 7) is 4.65. The predicted octanol–water partition coefficient (Wildman–Crippen LogP) is 0.446. The number of hydrogen-bond acceptors (Lipinski definition) is 4. The molecule has 0 heterocycles. The molecule has 0 spiro atoms. The van der Waals surface area contributed by atoms with Crippen molar-refractivity contribution in [1.82, 2.24) is 4.31 Å². The molecule has 0 amide bonds. The molecule has 0 aromatic rings. The molecule has 0 aromatic heterocycles. The summed E-state index contributed by atoms with van der Waals surface area (Å²) < 4.78 is 29.9. The molecule has 1 N–H and O–H groups in total. The zero-order chi connectivity index (χ0) is 12.6. The lowest BCUT2D eigenvalue weighted by atomic mass is 10.4. The van der Waals surface area contributed by atoms with Gasteiger partial charge in [0.05, 0.1) is 18.5 Å². The van der Waals surface area contributed by atoms with E-state index in [1.54, 1.807) is 7.05 Å². The van der Waals surface area contributed by atoms with Crippen molar-refractivity contribution in [2.75, 3.05) is 32.6 Å². The van der Waals surface area contributed by atoms with Crippen LogP contribution >= 0.6 is 0 Å². The Bertz CT molecular complexity index is 264. The Hall–Kier alpha value is -0.170. The first-order valence-corrected chi connectivity index (χ1v) is 7.17. The highest BCUT2D eigenvalue weighted by molar-refractivity contribution is 7.89. The minimum absolute atomic E-state index is 0.0374. The van der Waals surface area contributed by atoms with Gasteiger partial charge in [-0.15, -0.1) is 0 Å². The minimum Gasteiger partial charge on any atom is -0.396 e. The van der Waals surface area contributed by atoms with Gasteiger partial charge in [-0.1, -0.05) is 0 Å². The summed E-state index contributed by atoms with van der Waals surface area (Å²) in [5, 5.41) is 8.58. The lowest BCUT2D eigenvalue weighted by Gasteiger charge is -2.17. The molecule has 0 atom stereocenters. The number of hydrogen-bond donors (Lipinski definition) is 1. The molecular formula is C10H23NO4S. The van der Waals surface area contributed by atoms with Gasteiger partial charge in [0.1, 0.15) is 0 Å². The molecule has 0 aliphatic carbocycles. The first-order chi connectivity index (χ1) is 7.40. The first kappa shape index (κ1) is 15.8. The number of aliphatic hydroxyl groups is 1. The number of sulfonamides is 1.